The molecule has 0 fully saturated rings. The minimum Gasteiger partial charge on any atom is -0.493 e. The molecule has 0 saturated heterocycles. The van der Waals surface area contributed by atoms with Crippen LogP contribution in [0.2, 0.25) is 0 Å². The van der Waals surface area contributed by atoms with Crippen LogP contribution in [-0.2, 0) is 0 Å². The smallest absolute Gasteiger partial charge is 0.177 e. The van der Waals surface area contributed by atoms with E-state index in [0.717, 1.165) is 16.9 Å². The van der Waals surface area contributed by atoms with Gasteiger partial charge in [-0.05, 0) is 55.8 Å². The van der Waals surface area contributed by atoms with E-state index in [1.165, 1.54) is 0 Å². The van der Waals surface area contributed by atoms with Crippen molar-refractivity contribution in [2.75, 3.05) is 20.8 Å². The van der Waals surface area contributed by atoms with Gasteiger partial charge in [0.2, 0.25) is 0 Å². The maximum atomic E-state index is 13.2. The highest BCUT2D eigenvalue weighted by Crippen LogP contribution is 2.43. The number of fused-ring (bicyclic) bond motifs is 3. The lowest BCUT2D eigenvalue weighted by molar-refractivity contribution is 0.0894. The molecule has 4 rings (SSSR count). The summed E-state index contributed by atoms with van der Waals surface area (Å²) in [5.41, 5.74) is 1.87. The van der Waals surface area contributed by atoms with Gasteiger partial charge in [-0.15, -0.1) is 0 Å². The van der Waals surface area contributed by atoms with Gasteiger partial charge in [-0.1, -0.05) is 6.07 Å². The predicted octanol–water partition coefficient (Wildman–Crippen LogP) is 4.25. The molecule has 2 aromatic rings. The van der Waals surface area contributed by atoms with Gasteiger partial charge in [0.25, 0.3) is 0 Å². The first kappa shape index (κ1) is 17.5. The van der Waals surface area contributed by atoms with E-state index in [1.807, 2.05) is 50.3 Å². The molecule has 0 saturated carbocycles. The van der Waals surface area contributed by atoms with Gasteiger partial charge in [0.05, 0.1) is 31.3 Å². The molecule has 140 valence electrons. The van der Waals surface area contributed by atoms with E-state index in [-0.39, 0.29) is 23.9 Å². The average Bonchev–Trinajstić information content (AvgIpc) is 2.66. The van der Waals surface area contributed by atoms with Crippen molar-refractivity contribution in [1.82, 2.24) is 0 Å². The van der Waals surface area contributed by atoms with Gasteiger partial charge in [0, 0.05) is 0 Å². The summed E-state index contributed by atoms with van der Waals surface area (Å²) < 4.78 is 22.7. The molecule has 0 radical (unpaired) electrons. The zero-order valence-electron chi connectivity index (χ0n) is 15.9. The Kier molecular flexibility index (Phi) is 4.10. The summed E-state index contributed by atoms with van der Waals surface area (Å²) in [6.07, 6.45) is 3.95. The lowest BCUT2D eigenvalue weighted by Crippen LogP contribution is -2.30. The number of hydrogen-bond acceptors (Lipinski definition) is 5. The molecule has 1 atom stereocenters. The summed E-state index contributed by atoms with van der Waals surface area (Å²) in [6, 6.07) is 9.15. The third-order valence-corrected chi connectivity index (χ3v) is 4.97. The van der Waals surface area contributed by atoms with E-state index in [0.29, 0.717) is 22.8 Å². The fraction of sp³-hybridized carbons (Fsp3) is 0.318. The summed E-state index contributed by atoms with van der Waals surface area (Å²) >= 11 is 0. The predicted molar refractivity (Wildman–Crippen MR) is 102 cm³/mol. The van der Waals surface area contributed by atoms with Crippen molar-refractivity contribution in [3.05, 3.63) is 53.1 Å². The molecule has 0 aliphatic carbocycles. The number of carbonyl (C=O) groups is 1. The monoisotopic (exact) mass is 366 g/mol. The van der Waals surface area contributed by atoms with Gasteiger partial charge >= 0.3 is 0 Å². The normalized spacial score (nSPS) is 19.4. The third-order valence-electron chi connectivity index (χ3n) is 4.97. The van der Waals surface area contributed by atoms with E-state index in [4.69, 9.17) is 18.9 Å². The Morgan fingerprint density at radius 3 is 2.59 bits per heavy atom. The molecule has 2 heterocycles. The van der Waals surface area contributed by atoms with E-state index in [9.17, 15) is 4.79 Å². The van der Waals surface area contributed by atoms with E-state index < -0.39 is 0 Å². The zero-order chi connectivity index (χ0) is 19.2. The average molecular weight is 366 g/mol. The second kappa shape index (κ2) is 6.34. The van der Waals surface area contributed by atoms with Crippen molar-refractivity contribution in [2.45, 2.75) is 25.4 Å². The summed E-state index contributed by atoms with van der Waals surface area (Å²) in [4.78, 5) is 13.2. The number of ether oxygens (including phenoxy) is 4. The Labute approximate surface area is 158 Å². The summed E-state index contributed by atoms with van der Waals surface area (Å²) in [5, 5.41) is 0. The van der Waals surface area contributed by atoms with Gasteiger partial charge < -0.3 is 18.9 Å². The Hall–Kier alpha value is -2.95. The fourth-order valence-corrected chi connectivity index (χ4v) is 3.53. The molecule has 2 aromatic carbocycles. The number of rotatable bonds is 3. The van der Waals surface area contributed by atoms with E-state index in [2.05, 4.69) is 0 Å². The van der Waals surface area contributed by atoms with Crippen LogP contribution in [0.1, 0.15) is 41.3 Å². The third kappa shape index (κ3) is 2.93. The largest absolute Gasteiger partial charge is 0.493 e. The number of Topliss-reactive ketones (excluding diaryl/α,β-unsaturated/α-hetero) is 1. The molecular weight excluding hydrogens is 344 g/mol. The fourth-order valence-electron chi connectivity index (χ4n) is 3.53. The molecule has 0 N–H and O–H groups in total. The summed E-state index contributed by atoms with van der Waals surface area (Å²) in [7, 11) is 3.17. The Morgan fingerprint density at radius 2 is 1.85 bits per heavy atom. The highest BCUT2D eigenvalue weighted by Gasteiger charge is 2.34. The quantitative estimate of drug-likeness (QED) is 0.813. The summed E-state index contributed by atoms with van der Waals surface area (Å²) in [6.45, 7) is 4.25. The van der Waals surface area contributed by atoms with E-state index in [1.54, 1.807) is 20.3 Å². The maximum absolute atomic E-state index is 13.2. The van der Waals surface area contributed by atoms with Crippen molar-refractivity contribution in [3.8, 4) is 23.0 Å². The SMILES string of the molecule is COc1ccc([C@H]2COc3c(ccc4c3C=CC(C)(C)O4)C2=O)cc1OC. The number of carbonyl (C=O) groups excluding carboxylic acids is 1. The van der Waals surface area contributed by atoms with Crippen LogP contribution in [0, 0.1) is 0 Å². The van der Waals surface area contributed by atoms with Crippen LogP contribution in [0.5, 0.6) is 23.0 Å². The zero-order valence-corrected chi connectivity index (χ0v) is 15.9. The van der Waals surface area contributed by atoms with Crippen molar-refractivity contribution >= 4 is 11.9 Å². The topological polar surface area (TPSA) is 54.0 Å². The second-order valence-electron chi connectivity index (χ2n) is 7.24. The first-order valence-corrected chi connectivity index (χ1v) is 8.87. The van der Waals surface area contributed by atoms with Crippen LogP contribution in [-0.4, -0.2) is 32.2 Å². The van der Waals surface area contributed by atoms with Crippen molar-refractivity contribution < 1.29 is 23.7 Å². The van der Waals surface area contributed by atoms with Crippen molar-refractivity contribution in [3.63, 3.8) is 0 Å². The highest BCUT2D eigenvalue weighted by molar-refractivity contribution is 6.05. The Bertz CT molecular complexity index is 942. The first-order chi connectivity index (χ1) is 12.9. The molecule has 5 heteroatoms. The molecule has 0 unspecified atom stereocenters. The minimum absolute atomic E-state index is 0.0319. The molecule has 5 nitrogen and oxygen atoms in total. The van der Waals surface area contributed by atoms with E-state index >= 15 is 0 Å². The molecule has 2 aliphatic rings. The molecule has 0 amide bonds. The molecule has 2 aliphatic heterocycles. The lowest BCUT2D eigenvalue weighted by atomic mass is 9.87. The van der Waals surface area contributed by atoms with Crippen LogP contribution >= 0.6 is 0 Å². The second-order valence-corrected chi connectivity index (χ2v) is 7.24. The molecule has 0 aromatic heterocycles. The number of hydrogen-bond donors (Lipinski definition) is 0. The highest BCUT2D eigenvalue weighted by atomic mass is 16.5. The van der Waals surface area contributed by atoms with Gasteiger partial charge in [0.1, 0.15) is 23.7 Å². The number of methoxy groups -OCH3 is 2. The van der Waals surface area contributed by atoms with Gasteiger partial charge in [0.15, 0.2) is 17.3 Å². The van der Waals surface area contributed by atoms with Gasteiger partial charge in [-0.25, -0.2) is 0 Å². The van der Waals surface area contributed by atoms with Crippen LogP contribution in [0.4, 0.5) is 0 Å². The summed E-state index contributed by atoms with van der Waals surface area (Å²) in [5.74, 6) is 2.20. The molecule has 27 heavy (non-hydrogen) atoms. The van der Waals surface area contributed by atoms with Crippen LogP contribution in [0.15, 0.2) is 36.4 Å². The van der Waals surface area contributed by atoms with Crippen molar-refractivity contribution in [2.24, 2.45) is 0 Å². The molecule has 0 spiro atoms. The minimum atomic E-state index is -0.389. The molecular formula is C22H22O5. The van der Waals surface area contributed by atoms with Crippen LogP contribution in [0.3, 0.4) is 0 Å². The van der Waals surface area contributed by atoms with Crippen LogP contribution < -0.4 is 18.9 Å². The van der Waals surface area contributed by atoms with Gasteiger partial charge in [-0.2, -0.15) is 0 Å². The Balaban J connectivity index is 1.71. The Morgan fingerprint density at radius 1 is 1.07 bits per heavy atom. The number of ketones is 1. The van der Waals surface area contributed by atoms with Crippen LogP contribution in [0.25, 0.3) is 6.08 Å². The number of benzene rings is 2. The van der Waals surface area contributed by atoms with Crippen molar-refractivity contribution in [1.29, 1.82) is 0 Å². The van der Waals surface area contributed by atoms with Gasteiger partial charge in [-0.3, -0.25) is 4.79 Å². The standard InChI is InChI=1S/C22H22O5/c1-22(2)10-9-14-17(27-22)8-6-15-20(23)16(12-26-21(14)15)13-5-7-18(24-3)19(11-13)25-4/h5-11,16H,12H2,1-4H3/t16-/m1/s1. The maximum Gasteiger partial charge on any atom is 0.177 e. The lowest BCUT2D eigenvalue weighted by Gasteiger charge is -2.31. The first-order valence-electron chi connectivity index (χ1n) is 8.87. The molecule has 0 bridgehead atoms.